The van der Waals surface area contributed by atoms with Crippen LogP contribution in [0.5, 0.6) is 17.2 Å². The van der Waals surface area contributed by atoms with E-state index >= 15 is 0 Å². The Balaban J connectivity index is 2.97. The lowest BCUT2D eigenvalue weighted by atomic mass is 10.0. The predicted octanol–water partition coefficient (Wildman–Crippen LogP) is -2.29. The van der Waals surface area contributed by atoms with E-state index in [1.54, 1.807) is 0 Å². The van der Waals surface area contributed by atoms with Gasteiger partial charge in [0.05, 0.1) is 0 Å². The molecule has 1 aliphatic rings. The molecule has 1 heterocycles. The summed E-state index contributed by atoms with van der Waals surface area (Å²) in [6, 6.07) is 0. The van der Waals surface area contributed by atoms with Crippen LogP contribution < -0.4 is 21.9 Å². The molecule has 112 valence electrons. The highest BCUT2D eigenvalue weighted by molar-refractivity contribution is 8.14. The smallest absolute Gasteiger partial charge is 0.272 e. The fraction of sp³-hybridized carbons (Fsp3) is 0.250. The number of benzene rings is 1. The molecule has 0 aromatic heterocycles. The summed E-state index contributed by atoms with van der Waals surface area (Å²) in [7, 11) is 0.444. The van der Waals surface area contributed by atoms with Gasteiger partial charge in [-0.05, 0) is 0 Å². The Hall–Kier alpha value is -1.50. The van der Waals surface area contributed by atoms with Crippen molar-refractivity contribution in [3.05, 3.63) is 5.56 Å². The van der Waals surface area contributed by atoms with Gasteiger partial charge in [-0.1, -0.05) is 0 Å². The number of fused-ring (bicyclic) bond motifs is 1. The maximum absolute atomic E-state index is 11.3. The number of ether oxygens (including phenoxy) is 1. The first kappa shape index (κ1) is 14.9. The van der Waals surface area contributed by atoms with E-state index in [4.69, 9.17) is 32.6 Å². The van der Waals surface area contributed by atoms with Gasteiger partial charge in [0.15, 0.2) is 22.1 Å². The second-order valence-corrected chi connectivity index (χ2v) is 6.65. The molecule has 10 nitrogen and oxygen atoms in total. The van der Waals surface area contributed by atoms with E-state index in [2.05, 4.69) is 0 Å². The molecule has 0 atom stereocenters. The molecule has 1 aliphatic heterocycles. The fourth-order valence-corrected chi connectivity index (χ4v) is 2.96. The molecular formula is C8H10ClN3O7S. The number of aliphatic hydroxyl groups is 2. The molecule has 0 aliphatic carbocycles. The topological polar surface area (TPSA) is 202 Å². The van der Waals surface area contributed by atoms with Crippen LogP contribution in [0.1, 0.15) is 5.56 Å². The van der Waals surface area contributed by atoms with Gasteiger partial charge in [-0.2, -0.15) is 0 Å². The number of rotatable bonds is 1. The number of aromatic hydroxyl groups is 2. The molecule has 0 fully saturated rings. The van der Waals surface area contributed by atoms with Gasteiger partial charge in [0, 0.05) is 10.7 Å². The molecular weight excluding hydrogens is 318 g/mol. The molecule has 1 aromatic carbocycles. The Bertz CT molecular complexity index is 716. The maximum Gasteiger partial charge on any atom is 0.272 e. The van der Waals surface area contributed by atoms with E-state index in [1.807, 2.05) is 0 Å². The summed E-state index contributed by atoms with van der Waals surface area (Å²) in [6.07, 6.45) is 0. The highest BCUT2D eigenvalue weighted by Crippen LogP contribution is 2.56. The summed E-state index contributed by atoms with van der Waals surface area (Å²) in [4.78, 5) is -1.12. The lowest BCUT2D eigenvalue weighted by Crippen LogP contribution is -2.65. The second kappa shape index (κ2) is 3.78. The van der Waals surface area contributed by atoms with Crippen LogP contribution in [0.4, 0.5) is 5.69 Å². The number of halogens is 1. The van der Waals surface area contributed by atoms with Crippen LogP contribution in [-0.4, -0.2) is 34.7 Å². The van der Waals surface area contributed by atoms with Crippen molar-refractivity contribution in [2.24, 2.45) is 11.5 Å². The first-order valence-corrected chi connectivity index (χ1v) is 7.17. The minimum atomic E-state index is -4.62. The summed E-state index contributed by atoms with van der Waals surface area (Å²) in [5.74, 6) is -8.88. The van der Waals surface area contributed by atoms with Gasteiger partial charge in [0.2, 0.25) is 0 Å². The first-order valence-electron chi connectivity index (χ1n) is 4.86. The molecule has 0 amide bonds. The SMILES string of the molecule is Nc1c(O)c2c(c(O)c1S(=O)(=O)Cl)C(O)(O)C(N)(N)O2. The molecule has 12 heteroatoms. The Kier molecular flexibility index (Phi) is 2.82. The van der Waals surface area contributed by atoms with E-state index < -0.39 is 54.1 Å². The number of phenols is 2. The van der Waals surface area contributed by atoms with Crippen molar-refractivity contribution in [3.63, 3.8) is 0 Å². The van der Waals surface area contributed by atoms with E-state index in [-0.39, 0.29) is 0 Å². The number of nitrogen functional groups attached to an aromatic ring is 1. The van der Waals surface area contributed by atoms with Gasteiger partial charge in [0.1, 0.15) is 11.3 Å². The van der Waals surface area contributed by atoms with Crippen molar-refractivity contribution in [3.8, 4) is 17.2 Å². The summed E-state index contributed by atoms with van der Waals surface area (Å²) in [5, 5.41) is 39.2. The molecule has 2 rings (SSSR count). The largest absolute Gasteiger partial charge is 0.506 e. The van der Waals surface area contributed by atoms with Gasteiger partial charge in [-0.3, -0.25) is 11.5 Å². The van der Waals surface area contributed by atoms with Crippen LogP contribution in [0.3, 0.4) is 0 Å². The monoisotopic (exact) mass is 327 g/mol. The third kappa shape index (κ3) is 1.69. The van der Waals surface area contributed by atoms with Crippen LogP contribution in [0.25, 0.3) is 0 Å². The Morgan fingerprint density at radius 3 is 2.10 bits per heavy atom. The lowest BCUT2D eigenvalue weighted by Gasteiger charge is -2.28. The molecule has 0 unspecified atom stereocenters. The van der Waals surface area contributed by atoms with Crippen molar-refractivity contribution >= 4 is 25.4 Å². The van der Waals surface area contributed by atoms with E-state index in [9.17, 15) is 28.8 Å². The summed E-state index contributed by atoms with van der Waals surface area (Å²) in [5.41, 5.74) is 14.0. The van der Waals surface area contributed by atoms with E-state index in [0.29, 0.717) is 0 Å². The van der Waals surface area contributed by atoms with Crippen molar-refractivity contribution in [1.82, 2.24) is 0 Å². The molecule has 0 bridgehead atoms. The zero-order chi connectivity index (χ0) is 15.7. The number of hydrogen-bond donors (Lipinski definition) is 7. The zero-order valence-electron chi connectivity index (χ0n) is 9.53. The van der Waals surface area contributed by atoms with Gasteiger partial charge < -0.3 is 30.9 Å². The number of hydrogen-bond acceptors (Lipinski definition) is 10. The molecule has 1 aromatic rings. The summed E-state index contributed by atoms with van der Waals surface area (Å²) < 4.78 is 27.4. The molecule has 0 radical (unpaired) electrons. The normalized spacial score (nSPS) is 19.4. The Labute approximate surface area is 116 Å². The average Bonchev–Trinajstić information content (AvgIpc) is 2.41. The quantitative estimate of drug-likeness (QED) is 0.0966. The second-order valence-electron chi connectivity index (χ2n) is 4.15. The van der Waals surface area contributed by atoms with E-state index in [0.717, 1.165) is 0 Å². The zero-order valence-corrected chi connectivity index (χ0v) is 11.1. The Morgan fingerprint density at radius 1 is 1.15 bits per heavy atom. The average molecular weight is 328 g/mol. The highest BCUT2D eigenvalue weighted by atomic mass is 35.7. The van der Waals surface area contributed by atoms with Crippen LogP contribution >= 0.6 is 10.7 Å². The lowest BCUT2D eigenvalue weighted by molar-refractivity contribution is -0.252. The number of phenolic OH excluding ortho intramolecular Hbond substituents is 2. The van der Waals surface area contributed by atoms with Gasteiger partial charge in [-0.15, -0.1) is 0 Å². The minimum Gasteiger partial charge on any atom is -0.506 e. The van der Waals surface area contributed by atoms with Gasteiger partial charge >= 0.3 is 0 Å². The van der Waals surface area contributed by atoms with Crippen LogP contribution in [0, 0.1) is 0 Å². The molecule has 0 spiro atoms. The van der Waals surface area contributed by atoms with Gasteiger partial charge in [0.25, 0.3) is 20.7 Å². The van der Waals surface area contributed by atoms with Crippen LogP contribution in [0.2, 0.25) is 0 Å². The highest BCUT2D eigenvalue weighted by Gasteiger charge is 2.59. The van der Waals surface area contributed by atoms with Crippen molar-refractivity contribution in [2.45, 2.75) is 16.5 Å². The minimum absolute atomic E-state index is 0.765. The van der Waals surface area contributed by atoms with Crippen molar-refractivity contribution in [1.29, 1.82) is 0 Å². The molecule has 20 heavy (non-hydrogen) atoms. The Morgan fingerprint density at radius 2 is 1.65 bits per heavy atom. The third-order valence-corrected chi connectivity index (χ3v) is 4.17. The number of anilines is 1. The van der Waals surface area contributed by atoms with E-state index in [1.165, 1.54) is 0 Å². The predicted molar refractivity (Wildman–Crippen MR) is 65.1 cm³/mol. The molecule has 0 saturated heterocycles. The van der Waals surface area contributed by atoms with Crippen molar-refractivity contribution in [2.75, 3.05) is 5.73 Å². The van der Waals surface area contributed by atoms with Gasteiger partial charge in [-0.25, -0.2) is 8.42 Å². The fourth-order valence-electron chi connectivity index (χ4n) is 1.80. The number of nitrogens with two attached hydrogens (primary N) is 3. The van der Waals surface area contributed by atoms with Crippen LogP contribution in [0.15, 0.2) is 4.90 Å². The molecule has 10 N–H and O–H groups in total. The first-order chi connectivity index (χ1) is 8.82. The third-order valence-electron chi connectivity index (χ3n) is 2.80. The summed E-state index contributed by atoms with van der Waals surface area (Å²) >= 11 is 0. The summed E-state index contributed by atoms with van der Waals surface area (Å²) in [6.45, 7) is 0. The standard InChI is InChI=1S/C8H10ClN3O7S/c9-20(17,18)6-2(10)4(14)5-1(3(6)13)7(15,16)8(11,12)19-5/h13-16H,10-12H2. The van der Waals surface area contributed by atoms with Crippen molar-refractivity contribution < 1.29 is 33.6 Å². The maximum atomic E-state index is 11.3. The molecule has 0 saturated carbocycles. The van der Waals surface area contributed by atoms with Crippen LogP contribution in [-0.2, 0) is 14.8 Å².